The maximum Gasteiger partial charge on any atom is 0.247 e. The van der Waals surface area contributed by atoms with Gasteiger partial charge in [-0.1, -0.05) is 95.6 Å². The molecule has 2 aliphatic carbocycles. The fourth-order valence-electron chi connectivity index (χ4n) is 6.89. The number of benzene rings is 2. The van der Waals surface area contributed by atoms with Gasteiger partial charge in [0.15, 0.2) is 0 Å². The summed E-state index contributed by atoms with van der Waals surface area (Å²) < 4.78 is -1.38. The highest BCUT2D eigenvalue weighted by atomic mass is 79.9. The molecular formula is C28H28BrN3O5. The zero-order valence-electron chi connectivity index (χ0n) is 20.6. The summed E-state index contributed by atoms with van der Waals surface area (Å²) in [6.45, 7) is 3.69. The number of carbonyl (C=O) groups is 3. The van der Waals surface area contributed by atoms with Crippen molar-refractivity contribution >= 4 is 44.8 Å². The number of nitrogens with one attached hydrogen (secondary N) is 1. The van der Waals surface area contributed by atoms with E-state index in [9.17, 15) is 24.4 Å². The number of nitrogens with zero attached hydrogens (tertiary/aromatic N) is 2. The molecule has 5 unspecified atom stereocenters. The number of carbonyl (C=O) groups excluding carboxylic acids is 3. The minimum atomic E-state index is -1.38. The fourth-order valence-corrected chi connectivity index (χ4v) is 8.19. The van der Waals surface area contributed by atoms with Crippen molar-refractivity contribution in [2.75, 3.05) is 19.6 Å². The van der Waals surface area contributed by atoms with Gasteiger partial charge in [-0.15, -0.1) is 0 Å². The van der Waals surface area contributed by atoms with Gasteiger partial charge in [0.05, 0.1) is 18.6 Å². The molecular weight excluding hydrogens is 538 g/mol. The van der Waals surface area contributed by atoms with E-state index in [1.54, 1.807) is 0 Å². The van der Waals surface area contributed by atoms with Crippen LogP contribution in [0, 0.1) is 21.7 Å². The van der Waals surface area contributed by atoms with Crippen molar-refractivity contribution in [3.8, 4) is 0 Å². The van der Waals surface area contributed by atoms with Crippen LogP contribution in [0.25, 0.3) is 11.1 Å². The van der Waals surface area contributed by atoms with Crippen LogP contribution in [-0.2, 0) is 14.4 Å². The Labute approximate surface area is 223 Å². The molecule has 8 nitrogen and oxygen atoms in total. The second-order valence-corrected chi connectivity index (χ2v) is 11.5. The Balaban J connectivity index is 1.61. The number of amides is 3. The number of aliphatic hydroxyl groups is 1. The molecule has 37 heavy (non-hydrogen) atoms. The van der Waals surface area contributed by atoms with Crippen LogP contribution in [0.5, 0.6) is 0 Å². The lowest BCUT2D eigenvalue weighted by Crippen LogP contribution is -2.51. The molecule has 2 bridgehead atoms. The molecule has 2 N–H and O–H groups in total. The van der Waals surface area contributed by atoms with Gasteiger partial charge in [-0.05, 0) is 22.3 Å². The Hall–Kier alpha value is -3.17. The third-order valence-electron chi connectivity index (χ3n) is 8.46. The van der Waals surface area contributed by atoms with Crippen molar-refractivity contribution in [2.45, 2.75) is 30.7 Å². The van der Waals surface area contributed by atoms with Gasteiger partial charge in [0.1, 0.15) is 4.32 Å². The fraction of sp³-hybridized carbons (Fsp3) is 0.393. The summed E-state index contributed by atoms with van der Waals surface area (Å²) in [5, 5.41) is 17.2. The third kappa shape index (κ3) is 3.26. The first-order valence-electron chi connectivity index (χ1n) is 12.3. The Kier molecular flexibility index (Phi) is 6.19. The Morgan fingerprint density at radius 3 is 2.16 bits per heavy atom. The quantitative estimate of drug-likeness (QED) is 0.220. The zero-order valence-corrected chi connectivity index (χ0v) is 22.2. The molecule has 5 rings (SSSR count). The molecule has 0 radical (unpaired) electrons. The number of fused-ring (bicyclic) bond motifs is 5. The summed E-state index contributed by atoms with van der Waals surface area (Å²) in [6, 6.07) is 19.4. The zero-order chi connectivity index (χ0) is 26.6. The van der Waals surface area contributed by atoms with Crippen molar-refractivity contribution in [1.29, 1.82) is 0 Å². The summed E-state index contributed by atoms with van der Waals surface area (Å²) in [4.78, 5) is 51.6. The van der Waals surface area contributed by atoms with E-state index in [2.05, 4.69) is 26.4 Å². The minimum absolute atomic E-state index is 0.0509. The second kappa shape index (κ2) is 8.99. The normalized spacial score (nSPS) is 32.2. The molecule has 1 aliphatic heterocycles. The predicted molar refractivity (Wildman–Crippen MR) is 142 cm³/mol. The van der Waals surface area contributed by atoms with Crippen LogP contribution in [0.1, 0.15) is 31.4 Å². The number of nitroso groups, excluding NO2 is 1. The molecule has 1 heterocycles. The molecule has 1 saturated heterocycles. The van der Waals surface area contributed by atoms with Crippen molar-refractivity contribution in [2.24, 2.45) is 21.9 Å². The summed E-state index contributed by atoms with van der Waals surface area (Å²) in [6.07, 6.45) is -1.10. The third-order valence-corrected chi connectivity index (χ3v) is 10.1. The van der Waals surface area contributed by atoms with Crippen LogP contribution in [0.3, 0.4) is 0 Å². The molecule has 2 aromatic rings. The monoisotopic (exact) mass is 565 g/mol. The van der Waals surface area contributed by atoms with Gasteiger partial charge in [0.25, 0.3) is 0 Å². The molecule has 1 saturated carbocycles. The van der Waals surface area contributed by atoms with E-state index >= 15 is 0 Å². The van der Waals surface area contributed by atoms with Gasteiger partial charge in [0.2, 0.25) is 17.7 Å². The lowest BCUT2D eigenvalue weighted by molar-refractivity contribution is -0.143. The first-order chi connectivity index (χ1) is 17.6. The smallest absolute Gasteiger partial charge is 0.247 e. The van der Waals surface area contributed by atoms with Crippen molar-refractivity contribution in [3.63, 3.8) is 0 Å². The van der Waals surface area contributed by atoms with Crippen LogP contribution in [0.2, 0.25) is 0 Å². The highest BCUT2D eigenvalue weighted by Gasteiger charge is 2.85. The molecule has 3 aliphatic rings. The number of likely N-dealkylation sites (tertiary alicyclic amines) is 1. The molecule has 0 spiro atoms. The maximum absolute atomic E-state index is 14.0. The Morgan fingerprint density at radius 1 is 1.03 bits per heavy atom. The number of imide groups is 1. The lowest BCUT2D eigenvalue weighted by Gasteiger charge is -2.42. The van der Waals surface area contributed by atoms with Gasteiger partial charge in [-0.3, -0.25) is 19.3 Å². The Bertz CT molecular complexity index is 1320. The van der Waals surface area contributed by atoms with Crippen molar-refractivity contribution in [3.05, 3.63) is 76.7 Å². The maximum atomic E-state index is 14.0. The number of alkyl halides is 1. The van der Waals surface area contributed by atoms with Crippen LogP contribution >= 0.6 is 15.9 Å². The predicted octanol–water partition coefficient (Wildman–Crippen LogP) is 3.39. The minimum Gasteiger partial charge on any atom is -0.391 e. The average molecular weight is 566 g/mol. The van der Waals surface area contributed by atoms with Crippen molar-refractivity contribution in [1.82, 2.24) is 10.2 Å². The lowest BCUT2D eigenvalue weighted by atomic mass is 9.63. The molecule has 2 fully saturated rings. The number of halogens is 1. The number of hydrogen-bond donors (Lipinski definition) is 2. The number of rotatable bonds is 8. The number of aliphatic hydroxyl groups excluding tert-OH is 1. The summed E-state index contributed by atoms with van der Waals surface area (Å²) in [5.41, 5.74) is 1.28. The van der Waals surface area contributed by atoms with Gasteiger partial charge < -0.3 is 10.4 Å². The van der Waals surface area contributed by atoms with Crippen molar-refractivity contribution < 1.29 is 19.5 Å². The van der Waals surface area contributed by atoms with Crippen LogP contribution in [-0.4, -0.2) is 57.8 Å². The molecule has 3 amide bonds. The first kappa shape index (κ1) is 25.5. The highest BCUT2D eigenvalue weighted by molar-refractivity contribution is 9.10. The molecule has 0 aromatic heterocycles. The van der Waals surface area contributed by atoms with Gasteiger partial charge in [-0.2, -0.15) is 4.91 Å². The molecule has 9 heteroatoms. The standard InChI is InChI=1S/C28H28BrN3O5/c1-26-20(17-9-5-3-6-10-17)21(18-11-7-4-8-12-18)27(2,24(26)35)28(29)22(26)23(34)32(25(28)36)16-13-19(33)30-14-15-31-37/h3-12,22,24,35H,13-16H2,1-2H3,(H,30,33). The van der Waals surface area contributed by atoms with E-state index in [1.165, 1.54) is 0 Å². The summed E-state index contributed by atoms with van der Waals surface area (Å²) in [7, 11) is 0. The molecule has 2 aromatic carbocycles. The largest absolute Gasteiger partial charge is 0.391 e. The second-order valence-electron chi connectivity index (χ2n) is 10.3. The molecule has 5 atom stereocenters. The van der Waals surface area contributed by atoms with Gasteiger partial charge in [0, 0.05) is 30.3 Å². The highest BCUT2D eigenvalue weighted by Crippen LogP contribution is 2.79. The summed E-state index contributed by atoms with van der Waals surface area (Å²) in [5.74, 6) is -2.10. The SMILES string of the molecule is CC12C(c3ccccc3)=C(c3ccccc3)C(C)(C1O)C1(Br)C(=O)N(CCC(=O)NCCN=O)C(=O)C21. The van der Waals surface area contributed by atoms with Crippen LogP contribution in [0.4, 0.5) is 0 Å². The van der Waals surface area contributed by atoms with E-state index in [1.807, 2.05) is 74.5 Å². The van der Waals surface area contributed by atoms with E-state index in [-0.39, 0.29) is 32.0 Å². The van der Waals surface area contributed by atoms with E-state index in [0.29, 0.717) is 0 Å². The van der Waals surface area contributed by atoms with E-state index in [4.69, 9.17) is 0 Å². The Morgan fingerprint density at radius 2 is 1.59 bits per heavy atom. The van der Waals surface area contributed by atoms with Crippen LogP contribution in [0.15, 0.2) is 65.8 Å². The van der Waals surface area contributed by atoms with Gasteiger partial charge >= 0.3 is 0 Å². The number of hydrogen-bond acceptors (Lipinski definition) is 6. The topological polar surface area (TPSA) is 116 Å². The van der Waals surface area contributed by atoms with Gasteiger partial charge in [-0.25, -0.2) is 0 Å². The summed E-state index contributed by atoms with van der Waals surface area (Å²) >= 11 is 3.75. The first-order valence-corrected chi connectivity index (χ1v) is 13.1. The molecule has 192 valence electrons. The van der Waals surface area contributed by atoms with E-state index in [0.717, 1.165) is 27.2 Å². The average Bonchev–Trinajstić information content (AvgIpc) is 3.28. The van der Waals surface area contributed by atoms with E-state index < -0.39 is 39.0 Å². The van der Waals surface area contributed by atoms with Crippen LogP contribution < -0.4 is 5.32 Å².